The van der Waals surface area contributed by atoms with Crippen LogP contribution in [0.25, 0.3) is 0 Å². The van der Waals surface area contributed by atoms with Crippen molar-refractivity contribution >= 4 is 17.2 Å². The minimum atomic E-state index is 0.181. The van der Waals surface area contributed by atoms with Crippen molar-refractivity contribution < 1.29 is 4.79 Å². The van der Waals surface area contributed by atoms with Crippen LogP contribution >= 0.6 is 11.3 Å². The first-order valence-electron chi connectivity index (χ1n) is 7.88. The summed E-state index contributed by atoms with van der Waals surface area (Å²) in [6, 6.07) is 2.09. The first-order valence-corrected chi connectivity index (χ1v) is 8.82. The third kappa shape index (κ3) is 5.48. The van der Waals surface area contributed by atoms with Crippen molar-refractivity contribution in [1.29, 1.82) is 0 Å². The summed E-state index contributed by atoms with van der Waals surface area (Å²) >= 11 is 1.67. The molecule has 2 aromatic heterocycles. The van der Waals surface area contributed by atoms with Crippen LogP contribution in [0.3, 0.4) is 0 Å². The molecule has 2 heterocycles. The van der Waals surface area contributed by atoms with E-state index in [9.17, 15) is 4.79 Å². The molecule has 0 aliphatic carbocycles. The minimum absolute atomic E-state index is 0.181. The van der Waals surface area contributed by atoms with Crippen molar-refractivity contribution in [1.82, 2.24) is 19.6 Å². The highest BCUT2D eigenvalue weighted by molar-refractivity contribution is 7.07. The van der Waals surface area contributed by atoms with Gasteiger partial charge >= 0.3 is 0 Å². The second kappa shape index (κ2) is 8.26. The van der Waals surface area contributed by atoms with Gasteiger partial charge in [0.05, 0.1) is 6.20 Å². The predicted octanol–water partition coefficient (Wildman–Crippen LogP) is 2.57. The fourth-order valence-electron chi connectivity index (χ4n) is 2.42. The maximum absolute atomic E-state index is 12.8. The summed E-state index contributed by atoms with van der Waals surface area (Å²) in [4.78, 5) is 16.8. The third-order valence-electron chi connectivity index (χ3n) is 3.90. The van der Waals surface area contributed by atoms with Crippen LogP contribution in [0.2, 0.25) is 0 Å². The Balaban J connectivity index is 1.99. The molecular formula is C17H26N4OS. The van der Waals surface area contributed by atoms with Gasteiger partial charge in [-0.15, -0.1) is 0 Å². The molecule has 0 spiro atoms. The SMILES string of the molecule is CC(CC(=O)N(CCN(C)C)Cc1ccsc1)c1cnn(C)c1. The van der Waals surface area contributed by atoms with Crippen LogP contribution in [0.4, 0.5) is 0 Å². The van der Waals surface area contributed by atoms with Crippen molar-refractivity contribution in [3.8, 4) is 0 Å². The number of carbonyl (C=O) groups excluding carboxylic acids is 1. The minimum Gasteiger partial charge on any atom is -0.337 e. The largest absolute Gasteiger partial charge is 0.337 e. The number of nitrogens with zero attached hydrogens (tertiary/aromatic N) is 4. The van der Waals surface area contributed by atoms with E-state index in [1.54, 1.807) is 16.0 Å². The molecule has 23 heavy (non-hydrogen) atoms. The monoisotopic (exact) mass is 334 g/mol. The van der Waals surface area contributed by atoms with E-state index in [0.717, 1.165) is 18.7 Å². The maximum atomic E-state index is 12.8. The normalized spacial score (nSPS) is 12.6. The Morgan fingerprint density at radius 2 is 2.17 bits per heavy atom. The summed E-state index contributed by atoms with van der Waals surface area (Å²) in [5.74, 6) is 0.384. The molecule has 6 heteroatoms. The van der Waals surface area contributed by atoms with Crippen molar-refractivity contribution in [2.45, 2.75) is 25.8 Å². The molecule has 0 bridgehead atoms. The standard InChI is InChI=1S/C17H26N4OS/c1-14(16-10-18-20(4)12-16)9-17(22)21(7-6-19(2)3)11-15-5-8-23-13-15/h5,8,10,12-14H,6-7,9,11H2,1-4H3. The lowest BCUT2D eigenvalue weighted by atomic mass is 10.0. The maximum Gasteiger partial charge on any atom is 0.223 e. The molecule has 0 fully saturated rings. The van der Waals surface area contributed by atoms with Crippen molar-refractivity contribution in [2.75, 3.05) is 27.2 Å². The van der Waals surface area contributed by atoms with Gasteiger partial charge in [-0.2, -0.15) is 16.4 Å². The lowest BCUT2D eigenvalue weighted by molar-refractivity contribution is -0.132. The van der Waals surface area contributed by atoms with E-state index in [0.29, 0.717) is 13.0 Å². The van der Waals surface area contributed by atoms with Gasteiger partial charge in [0.25, 0.3) is 0 Å². The van der Waals surface area contributed by atoms with E-state index >= 15 is 0 Å². The number of hydrogen-bond donors (Lipinski definition) is 0. The van der Waals surface area contributed by atoms with Crippen molar-refractivity contribution in [3.05, 3.63) is 40.3 Å². The first-order chi connectivity index (χ1) is 11.0. The van der Waals surface area contributed by atoms with Gasteiger partial charge in [-0.3, -0.25) is 9.48 Å². The number of likely N-dealkylation sites (N-methyl/N-ethyl adjacent to an activating group) is 1. The average molecular weight is 334 g/mol. The van der Waals surface area contributed by atoms with Gasteiger partial charge in [0, 0.05) is 39.3 Å². The molecule has 2 rings (SSSR count). The molecule has 0 aliphatic heterocycles. The van der Waals surface area contributed by atoms with Crippen LogP contribution in [0.15, 0.2) is 29.2 Å². The molecule has 5 nitrogen and oxygen atoms in total. The van der Waals surface area contributed by atoms with Crippen molar-refractivity contribution in [3.63, 3.8) is 0 Å². The van der Waals surface area contributed by atoms with Gasteiger partial charge in [-0.25, -0.2) is 0 Å². The first kappa shape index (κ1) is 17.7. The average Bonchev–Trinajstić information content (AvgIpc) is 3.14. The highest BCUT2D eigenvalue weighted by Crippen LogP contribution is 2.20. The molecule has 0 saturated heterocycles. The number of rotatable bonds is 8. The lowest BCUT2D eigenvalue weighted by Gasteiger charge is -2.25. The van der Waals surface area contributed by atoms with Gasteiger partial charge in [0.1, 0.15) is 0 Å². The second-order valence-corrected chi connectivity index (χ2v) is 7.08. The number of thiophene rings is 1. The fourth-order valence-corrected chi connectivity index (χ4v) is 3.08. The molecule has 2 aromatic rings. The summed E-state index contributed by atoms with van der Waals surface area (Å²) < 4.78 is 1.78. The Morgan fingerprint density at radius 3 is 2.74 bits per heavy atom. The molecule has 0 radical (unpaired) electrons. The van der Waals surface area contributed by atoms with Crippen LogP contribution in [0, 0.1) is 0 Å². The molecule has 0 saturated carbocycles. The number of amides is 1. The highest BCUT2D eigenvalue weighted by atomic mass is 32.1. The second-order valence-electron chi connectivity index (χ2n) is 6.30. The highest BCUT2D eigenvalue weighted by Gasteiger charge is 2.19. The van der Waals surface area contributed by atoms with Gasteiger partial charge in [-0.05, 0) is 48.0 Å². The summed E-state index contributed by atoms with van der Waals surface area (Å²) in [7, 11) is 5.97. The van der Waals surface area contributed by atoms with Crippen LogP contribution < -0.4 is 0 Å². The molecule has 1 amide bonds. The summed E-state index contributed by atoms with van der Waals surface area (Å²) in [5, 5.41) is 8.37. The Labute approximate surface area is 142 Å². The number of aromatic nitrogens is 2. The smallest absolute Gasteiger partial charge is 0.223 e. The molecule has 0 aliphatic rings. The van der Waals surface area contributed by atoms with E-state index in [-0.39, 0.29) is 11.8 Å². The molecule has 126 valence electrons. The Bertz CT molecular complexity index is 606. The van der Waals surface area contributed by atoms with Gasteiger partial charge in [0.2, 0.25) is 5.91 Å². The molecule has 1 unspecified atom stereocenters. The quantitative estimate of drug-likeness (QED) is 0.745. The van der Waals surface area contributed by atoms with E-state index in [1.165, 1.54) is 5.56 Å². The predicted molar refractivity (Wildman–Crippen MR) is 94.5 cm³/mol. The van der Waals surface area contributed by atoms with Crippen LogP contribution in [-0.2, 0) is 18.4 Å². The summed E-state index contributed by atoms with van der Waals surface area (Å²) in [6.45, 7) is 4.40. The Kier molecular flexibility index (Phi) is 6.36. The zero-order valence-corrected chi connectivity index (χ0v) is 15.2. The number of carbonyl (C=O) groups is 1. The van der Waals surface area contributed by atoms with E-state index < -0.39 is 0 Å². The van der Waals surface area contributed by atoms with Crippen LogP contribution in [0.1, 0.15) is 30.4 Å². The number of aryl methyl sites for hydroxylation is 1. The van der Waals surface area contributed by atoms with Gasteiger partial charge < -0.3 is 9.80 Å². The van der Waals surface area contributed by atoms with Gasteiger partial charge in [-0.1, -0.05) is 6.92 Å². The molecule has 0 aromatic carbocycles. The zero-order chi connectivity index (χ0) is 16.8. The van der Waals surface area contributed by atoms with Crippen molar-refractivity contribution in [2.24, 2.45) is 7.05 Å². The van der Waals surface area contributed by atoms with Gasteiger partial charge in [0.15, 0.2) is 0 Å². The lowest BCUT2D eigenvalue weighted by Crippen LogP contribution is -2.36. The summed E-state index contributed by atoms with van der Waals surface area (Å²) in [5.41, 5.74) is 2.32. The summed E-state index contributed by atoms with van der Waals surface area (Å²) in [6.07, 6.45) is 4.35. The fraction of sp³-hybridized carbons (Fsp3) is 0.529. The molecule has 1 atom stereocenters. The molecule has 0 N–H and O–H groups in total. The topological polar surface area (TPSA) is 41.4 Å². The van der Waals surface area contributed by atoms with E-state index in [2.05, 4.69) is 33.7 Å². The van der Waals surface area contributed by atoms with Crippen LogP contribution in [0.5, 0.6) is 0 Å². The van der Waals surface area contributed by atoms with E-state index in [4.69, 9.17) is 0 Å². The Morgan fingerprint density at radius 1 is 1.39 bits per heavy atom. The number of hydrogen-bond acceptors (Lipinski definition) is 4. The zero-order valence-electron chi connectivity index (χ0n) is 14.4. The van der Waals surface area contributed by atoms with Crippen LogP contribution in [-0.4, -0.2) is 52.7 Å². The Hall–Kier alpha value is -1.66. The molecular weight excluding hydrogens is 308 g/mol. The third-order valence-corrected chi connectivity index (χ3v) is 4.63. The van der Waals surface area contributed by atoms with E-state index in [1.807, 2.05) is 38.4 Å².